The van der Waals surface area contributed by atoms with Crippen LogP contribution < -0.4 is 14.8 Å². The number of anilines is 1. The number of aryl methyl sites for hydroxylation is 1. The summed E-state index contributed by atoms with van der Waals surface area (Å²) in [5.41, 5.74) is 3.11. The van der Waals surface area contributed by atoms with E-state index in [2.05, 4.69) is 5.32 Å². The van der Waals surface area contributed by atoms with E-state index in [9.17, 15) is 9.18 Å². The molecule has 130 valence electrons. The summed E-state index contributed by atoms with van der Waals surface area (Å²) in [6.45, 7) is 3.75. The highest BCUT2D eigenvalue weighted by atomic mass is 19.1. The predicted molar refractivity (Wildman–Crippen MR) is 95.6 cm³/mol. The quantitative estimate of drug-likeness (QED) is 0.851. The fourth-order valence-corrected chi connectivity index (χ4v) is 2.87. The van der Waals surface area contributed by atoms with E-state index in [0.29, 0.717) is 17.0 Å². The lowest BCUT2D eigenvalue weighted by atomic mass is 10.1. The van der Waals surface area contributed by atoms with Crippen molar-refractivity contribution >= 4 is 17.7 Å². The zero-order valence-corrected chi connectivity index (χ0v) is 14.4. The van der Waals surface area contributed by atoms with Crippen LogP contribution >= 0.6 is 0 Å². The van der Waals surface area contributed by atoms with Gasteiger partial charge in [-0.2, -0.15) is 0 Å². The van der Waals surface area contributed by atoms with E-state index in [4.69, 9.17) is 9.47 Å². The molecule has 25 heavy (non-hydrogen) atoms. The van der Waals surface area contributed by atoms with Crippen molar-refractivity contribution in [1.29, 1.82) is 0 Å². The number of rotatable bonds is 4. The van der Waals surface area contributed by atoms with Crippen LogP contribution in [0.2, 0.25) is 0 Å². The van der Waals surface area contributed by atoms with E-state index >= 15 is 0 Å². The molecule has 5 heteroatoms. The molecule has 0 aromatic heterocycles. The number of carbonyl (C=O) groups is 1. The molecule has 0 fully saturated rings. The van der Waals surface area contributed by atoms with E-state index in [0.717, 1.165) is 23.3 Å². The van der Waals surface area contributed by atoms with Crippen molar-refractivity contribution in [2.24, 2.45) is 0 Å². The van der Waals surface area contributed by atoms with Crippen LogP contribution in [-0.4, -0.2) is 19.1 Å². The predicted octanol–water partition coefficient (Wildman–Crippen LogP) is 4.12. The molecule has 0 saturated carbocycles. The number of methoxy groups -OCH3 is 1. The summed E-state index contributed by atoms with van der Waals surface area (Å²) in [4.78, 5) is 12.1. The number of benzene rings is 2. The number of hydrogen-bond acceptors (Lipinski definition) is 3. The third kappa shape index (κ3) is 3.82. The van der Waals surface area contributed by atoms with Crippen molar-refractivity contribution in [2.75, 3.05) is 12.4 Å². The van der Waals surface area contributed by atoms with Crippen molar-refractivity contribution in [3.05, 3.63) is 58.9 Å². The summed E-state index contributed by atoms with van der Waals surface area (Å²) in [6, 6.07) is 8.06. The minimum Gasteiger partial charge on any atom is -0.496 e. The molecule has 1 unspecified atom stereocenters. The minimum absolute atomic E-state index is 0.142. The van der Waals surface area contributed by atoms with Crippen molar-refractivity contribution in [1.82, 2.24) is 0 Å². The Morgan fingerprint density at radius 2 is 2.16 bits per heavy atom. The average molecular weight is 341 g/mol. The van der Waals surface area contributed by atoms with Crippen LogP contribution in [0.15, 0.2) is 36.4 Å². The summed E-state index contributed by atoms with van der Waals surface area (Å²) in [6.07, 6.45) is 4.09. The van der Waals surface area contributed by atoms with Crippen molar-refractivity contribution < 1.29 is 18.7 Å². The Morgan fingerprint density at radius 1 is 1.36 bits per heavy atom. The number of halogens is 1. The molecule has 1 aliphatic rings. The van der Waals surface area contributed by atoms with Crippen LogP contribution in [0.5, 0.6) is 11.5 Å². The fourth-order valence-electron chi connectivity index (χ4n) is 2.87. The first kappa shape index (κ1) is 17.0. The van der Waals surface area contributed by atoms with Gasteiger partial charge < -0.3 is 14.8 Å². The number of amides is 1. The zero-order valence-electron chi connectivity index (χ0n) is 14.4. The molecule has 1 heterocycles. The molecule has 4 nitrogen and oxygen atoms in total. The SMILES string of the molecule is COc1cc2c(cc1/C=C/C(=O)Nc1ccc(F)cc1C)OC(C)C2. The monoisotopic (exact) mass is 341 g/mol. The maximum atomic E-state index is 13.1. The van der Waals surface area contributed by atoms with Gasteiger partial charge in [0.05, 0.1) is 7.11 Å². The van der Waals surface area contributed by atoms with Gasteiger partial charge in [-0.05, 0) is 55.8 Å². The standard InChI is InChI=1S/C20H20FNO3/c1-12-8-16(21)5-6-17(12)22-20(23)7-4-14-10-19-15(9-13(2)25-19)11-18(14)24-3/h4-8,10-11,13H,9H2,1-3H3,(H,22,23)/b7-4+. The van der Waals surface area contributed by atoms with Gasteiger partial charge in [0.2, 0.25) is 5.91 Å². The van der Waals surface area contributed by atoms with Gasteiger partial charge in [-0.1, -0.05) is 0 Å². The lowest BCUT2D eigenvalue weighted by molar-refractivity contribution is -0.111. The summed E-state index contributed by atoms with van der Waals surface area (Å²) in [5, 5.41) is 2.74. The third-order valence-electron chi connectivity index (χ3n) is 4.11. The van der Waals surface area contributed by atoms with Crippen LogP contribution in [0.4, 0.5) is 10.1 Å². The largest absolute Gasteiger partial charge is 0.496 e. The molecule has 1 N–H and O–H groups in total. The minimum atomic E-state index is -0.330. The van der Waals surface area contributed by atoms with Crippen LogP contribution in [-0.2, 0) is 11.2 Å². The van der Waals surface area contributed by atoms with Crippen LogP contribution in [0.3, 0.4) is 0 Å². The first-order valence-corrected chi connectivity index (χ1v) is 8.09. The van der Waals surface area contributed by atoms with E-state index < -0.39 is 0 Å². The van der Waals surface area contributed by atoms with Crippen LogP contribution in [0, 0.1) is 12.7 Å². The molecule has 0 radical (unpaired) electrons. The first-order chi connectivity index (χ1) is 12.0. The Balaban J connectivity index is 1.77. The number of ether oxygens (including phenoxy) is 2. The van der Waals surface area contributed by atoms with E-state index in [1.54, 1.807) is 26.2 Å². The summed E-state index contributed by atoms with van der Waals surface area (Å²) < 4.78 is 24.3. The second-order valence-corrected chi connectivity index (χ2v) is 6.12. The topological polar surface area (TPSA) is 47.6 Å². The van der Waals surface area contributed by atoms with Gasteiger partial charge in [-0.25, -0.2) is 4.39 Å². The summed E-state index contributed by atoms with van der Waals surface area (Å²) >= 11 is 0. The first-order valence-electron chi connectivity index (χ1n) is 8.09. The summed E-state index contributed by atoms with van der Waals surface area (Å²) in [7, 11) is 1.60. The zero-order chi connectivity index (χ0) is 18.0. The van der Waals surface area contributed by atoms with E-state index in [-0.39, 0.29) is 17.8 Å². The normalized spacial score (nSPS) is 15.8. The smallest absolute Gasteiger partial charge is 0.248 e. The Bertz CT molecular complexity index is 845. The van der Waals surface area contributed by atoms with Gasteiger partial charge in [-0.3, -0.25) is 4.79 Å². The van der Waals surface area contributed by atoms with Gasteiger partial charge in [0.25, 0.3) is 0 Å². The number of nitrogens with one attached hydrogen (secondary N) is 1. The van der Waals surface area contributed by atoms with Gasteiger partial charge in [0.15, 0.2) is 0 Å². The second kappa shape index (κ2) is 6.97. The number of hydrogen-bond donors (Lipinski definition) is 1. The molecule has 1 atom stereocenters. The molecule has 1 aliphatic heterocycles. The lowest BCUT2D eigenvalue weighted by Gasteiger charge is -2.09. The Morgan fingerprint density at radius 3 is 2.88 bits per heavy atom. The maximum absolute atomic E-state index is 13.1. The Kier molecular flexibility index (Phi) is 4.74. The van der Waals surface area contributed by atoms with E-state index in [1.807, 2.05) is 19.1 Å². The molecule has 0 bridgehead atoms. The highest BCUT2D eigenvalue weighted by molar-refractivity contribution is 6.02. The summed E-state index contributed by atoms with van der Waals surface area (Å²) in [5.74, 6) is 0.885. The Hall–Kier alpha value is -2.82. The second-order valence-electron chi connectivity index (χ2n) is 6.12. The molecule has 1 amide bonds. The average Bonchev–Trinajstić information content (AvgIpc) is 2.93. The molecule has 2 aromatic rings. The lowest BCUT2D eigenvalue weighted by Crippen LogP contribution is -2.09. The molecule has 2 aromatic carbocycles. The molecule has 3 rings (SSSR count). The highest BCUT2D eigenvalue weighted by Crippen LogP contribution is 2.35. The molecular weight excluding hydrogens is 321 g/mol. The molecule has 0 saturated heterocycles. The fraction of sp³-hybridized carbons (Fsp3) is 0.250. The van der Waals surface area contributed by atoms with Crippen molar-refractivity contribution in [2.45, 2.75) is 26.4 Å². The highest BCUT2D eigenvalue weighted by Gasteiger charge is 2.21. The Labute approximate surface area is 146 Å². The number of fused-ring (bicyclic) bond motifs is 1. The molecular formula is C20H20FNO3. The van der Waals surface area contributed by atoms with Crippen molar-refractivity contribution in [3.8, 4) is 11.5 Å². The maximum Gasteiger partial charge on any atom is 0.248 e. The van der Waals surface area contributed by atoms with Crippen molar-refractivity contribution in [3.63, 3.8) is 0 Å². The number of carbonyl (C=O) groups excluding carboxylic acids is 1. The molecule has 0 aliphatic carbocycles. The van der Waals surface area contributed by atoms with Gasteiger partial charge in [0.1, 0.15) is 23.4 Å². The molecule has 0 spiro atoms. The van der Waals surface area contributed by atoms with Gasteiger partial charge >= 0.3 is 0 Å². The van der Waals surface area contributed by atoms with Crippen LogP contribution in [0.25, 0.3) is 6.08 Å². The van der Waals surface area contributed by atoms with Crippen LogP contribution in [0.1, 0.15) is 23.6 Å². The van der Waals surface area contributed by atoms with Gasteiger partial charge in [-0.15, -0.1) is 0 Å². The third-order valence-corrected chi connectivity index (χ3v) is 4.11. The van der Waals surface area contributed by atoms with E-state index in [1.165, 1.54) is 18.2 Å². The van der Waals surface area contributed by atoms with Gasteiger partial charge in [0, 0.05) is 29.3 Å².